The number of hydrogen-bond acceptors (Lipinski definition) is 2. The Hall–Kier alpha value is -2.39. The van der Waals surface area contributed by atoms with E-state index < -0.39 is 0 Å². The van der Waals surface area contributed by atoms with Crippen LogP contribution in [0.25, 0.3) is 6.08 Å². The minimum atomic E-state index is -0.0785. The number of nitrogens with zero attached hydrogens (tertiary/aromatic N) is 1. The van der Waals surface area contributed by atoms with E-state index in [0.717, 1.165) is 24.1 Å². The molecule has 0 bridgehead atoms. The van der Waals surface area contributed by atoms with Gasteiger partial charge < -0.3 is 10.2 Å². The van der Waals surface area contributed by atoms with E-state index in [1.807, 2.05) is 62.6 Å². The molecule has 1 atom stereocenters. The zero-order valence-electron chi connectivity index (χ0n) is 14.7. The van der Waals surface area contributed by atoms with Gasteiger partial charge in [0, 0.05) is 12.6 Å². The molecule has 0 aliphatic heterocycles. The van der Waals surface area contributed by atoms with Crippen LogP contribution in [-0.2, 0) is 11.2 Å². The van der Waals surface area contributed by atoms with Crippen molar-refractivity contribution in [1.82, 2.24) is 10.2 Å². The Morgan fingerprint density at radius 1 is 1.08 bits per heavy atom. The molecule has 0 unspecified atom stereocenters. The summed E-state index contributed by atoms with van der Waals surface area (Å²) in [5, 5.41) is 3.09. The van der Waals surface area contributed by atoms with Crippen molar-refractivity contribution in [3.63, 3.8) is 0 Å². The number of rotatable bonds is 7. The predicted molar refractivity (Wildman–Crippen MR) is 101 cm³/mol. The summed E-state index contributed by atoms with van der Waals surface area (Å²) < 4.78 is 0. The predicted octanol–water partition coefficient (Wildman–Crippen LogP) is 3.68. The van der Waals surface area contributed by atoms with Gasteiger partial charge in [-0.3, -0.25) is 4.79 Å². The summed E-state index contributed by atoms with van der Waals surface area (Å²) >= 11 is 0. The van der Waals surface area contributed by atoms with Gasteiger partial charge in [0.25, 0.3) is 0 Å². The minimum Gasteiger partial charge on any atom is -0.344 e. The molecule has 0 aromatic heterocycles. The largest absolute Gasteiger partial charge is 0.344 e. The molecule has 2 aromatic rings. The number of nitrogens with one attached hydrogen (secondary N) is 1. The zero-order chi connectivity index (χ0) is 17.4. The van der Waals surface area contributed by atoms with Crippen molar-refractivity contribution >= 4 is 12.0 Å². The van der Waals surface area contributed by atoms with Crippen LogP contribution in [0.15, 0.2) is 60.7 Å². The lowest BCUT2D eigenvalue weighted by Gasteiger charge is -2.22. The summed E-state index contributed by atoms with van der Waals surface area (Å²) in [6.45, 7) is 2.89. The van der Waals surface area contributed by atoms with Crippen molar-refractivity contribution < 1.29 is 4.79 Å². The van der Waals surface area contributed by atoms with Gasteiger partial charge in [-0.25, -0.2) is 0 Å². The van der Waals surface area contributed by atoms with E-state index in [2.05, 4.69) is 29.3 Å². The number of likely N-dealkylation sites (N-methyl/N-ethyl adjacent to an activating group) is 1. The van der Waals surface area contributed by atoms with E-state index >= 15 is 0 Å². The van der Waals surface area contributed by atoms with Crippen LogP contribution in [0.5, 0.6) is 0 Å². The molecule has 3 nitrogen and oxygen atoms in total. The van der Waals surface area contributed by atoms with Crippen molar-refractivity contribution in [2.24, 2.45) is 0 Å². The third-order valence-corrected chi connectivity index (χ3v) is 3.88. The highest BCUT2D eigenvalue weighted by Crippen LogP contribution is 2.13. The highest BCUT2D eigenvalue weighted by molar-refractivity contribution is 5.92. The molecule has 3 heteroatoms. The van der Waals surface area contributed by atoms with E-state index in [-0.39, 0.29) is 11.9 Å². The Bertz CT molecular complexity index is 660. The van der Waals surface area contributed by atoms with Gasteiger partial charge in [-0.1, -0.05) is 61.5 Å². The number of amides is 1. The van der Waals surface area contributed by atoms with Crippen LogP contribution in [0, 0.1) is 0 Å². The zero-order valence-corrected chi connectivity index (χ0v) is 14.7. The van der Waals surface area contributed by atoms with Gasteiger partial charge in [0.15, 0.2) is 0 Å². The van der Waals surface area contributed by atoms with E-state index in [1.54, 1.807) is 6.08 Å². The number of carbonyl (C=O) groups is 1. The topological polar surface area (TPSA) is 32.3 Å². The smallest absolute Gasteiger partial charge is 0.244 e. The first-order chi connectivity index (χ1) is 11.6. The molecule has 1 amide bonds. The first-order valence-corrected chi connectivity index (χ1v) is 8.35. The quantitative estimate of drug-likeness (QED) is 0.789. The molecule has 126 valence electrons. The number of aryl methyl sites for hydroxylation is 1. The van der Waals surface area contributed by atoms with Crippen molar-refractivity contribution in [3.05, 3.63) is 77.4 Å². The number of benzene rings is 2. The SMILES string of the molecule is CCc1ccc(/C=C/C(=O)N[C@@H](CN(C)C)c2ccccc2)cc1. The van der Waals surface area contributed by atoms with E-state index in [4.69, 9.17) is 0 Å². The van der Waals surface area contributed by atoms with Crippen molar-refractivity contribution in [2.45, 2.75) is 19.4 Å². The van der Waals surface area contributed by atoms with E-state index in [9.17, 15) is 4.79 Å². The normalized spacial score (nSPS) is 12.5. The molecule has 0 radical (unpaired) electrons. The van der Waals surface area contributed by atoms with Crippen molar-refractivity contribution in [1.29, 1.82) is 0 Å². The molecule has 24 heavy (non-hydrogen) atoms. The molecule has 2 aromatic carbocycles. The first kappa shape index (κ1) is 18.0. The van der Waals surface area contributed by atoms with Crippen LogP contribution in [0.3, 0.4) is 0 Å². The standard InChI is InChI=1S/C21H26N2O/c1-4-17-10-12-18(13-11-17)14-15-21(24)22-20(16-23(2)3)19-8-6-5-7-9-19/h5-15,20H,4,16H2,1-3H3,(H,22,24)/b15-14+/t20-/m0/s1. The maximum absolute atomic E-state index is 12.3. The van der Waals surface area contributed by atoms with Crippen LogP contribution >= 0.6 is 0 Å². The van der Waals surface area contributed by atoms with Gasteiger partial charge in [0.2, 0.25) is 5.91 Å². The molecule has 2 rings (SSSR count). The van der Waals surface area contributed by atoms with Gasteiger partial charge in [-0.2, -0.15) is 0 Å². The molecule has 0 heterocycles. The first-order valence-electron chi connectivity index (χ1n) is 8.35. The Kier molecular flexibility index (Phi) is 6.76. The highest BCUT2D eigenvalue weighted by atomic mass is 16.1. The number of hydrogen-bond donors (Lipinski definition) is 1. The third kappa shape index (κ3) is 5.67. The Morgan fingerprint density at radius 2 is 1.75 bits per heavy atom. The van der Waals surface area contributed by atoms with Crippen LogP contribution < -0.4 is 5.32 Å². The van der Waals surface area contributed by atoms with Gasteiger partial charge >= 0.3 is 0 Å². The highest BCUT2D eigenvalue weighted by Gasteiger charge is 2.13. The second-order valence-electron chi connectivity index (χ2n) is 6.16. The summed E-state index contributed by atoms with van der Waals surface area (Å²) in [4.78, 5) is 14.4. The van der Waals surface area contributed by atoms with Crippen LogP contribution in [0.4, 0.5) is 0 Å². The van der Waals surface area contributed by atoms with Gasteiger partial charge in [0.05, 0.1) is 6.04 Å². The van der Waals surface area contributed by atoms with Crippen LogP contribution in [0.1, 0.15) is 29.7 Å². The molecule has 0 fully saturated rings. The van der Waals surface area contributed by atoms with Gasteiger partial charge in [-0.05, 0) is 43.3 Å². The van der Waals surface area contributed by atoms with Crippen molar-refractivity contribution in [2.75, 3.05) is 20.6 Å². The fourth-order valence-corrected chi connectivity index (χ4v) is 2.54. The van der Waals surface area contributed by atoms with Crippen molar-refractivity contribution in [3.8, 4) is 0 Å². The lowest BCUT2D eigenvalue weighted by atomic mass is 10.1. The second-order valence-corrected chi connectivity index (χ2v) is 6.16. The second kappa shape index (κ2) is 9.04. The fraction of sp³-hybridized carbons (Fsp3) is 0.286. The lowest BCUT2D eigenvalue weighted by Crippen LogP contribution is -2.34. The van der Waals surface area contributed by atoms with Gasteiger partial charge in [0.1, 0.15) is 0 Å². The molecule has 0 saturated heterocycles. The molecule has 0 aliphatic rings. The Labute approximate surface area is 145 Å². The maximum Gasteiger partial charge on any atom is 0.244 e. The van der Waals surface area contributed by atoms with Gasteiger partial charge in [-0.15, -0.1) is 0 Å². The lowest BCUT2D eigenvalue weighted by molar-refractivity contribution is -0.117. The average Bonchev–Trinajstić information content (AvgIpc) is 2.60. The Morgan fingerprint density at radius 3 is 2.33 bits per heavy atom. The Balaban J connectivity index is 2.02. The summed E-state index contributed by atoms with van der Waals surface area (Å²) in [6, 6.07) is 18.3. The van der Waals surface area contributed by atoms with Crippen LogP contribution in [0.2, 0.25) is 0 Å². The summed E-state index contributed by atoms with van der Waals surface area (Å²) in [7, 11) is 4.01. The number of carbonyl (C=O) groups excluding carboxylic acids is 1. The maximum atomic E-state index is 12.3. The monoisotopic (exact) mass is 322 g/mol. The molecular formula is C21H26N2O. The molecule has 1 N–H and O–H groups in total. The molecule has 0 spiro atoms. The van der Waals surface area contributed by atoms with E-state index in [1.165, 1.54) is 5.56 Å². The minimum absolute atomic E-state index is 0.0270. The molecule has 0 aliphatic carbocycles. The summed E-state index contributed by atoms with van der Waals surface area (Å²) in [6.07, 6.45) is 4.48. The van der Waals surface area contributed by atoms with E-state index in [0.29, 0.717) is 0 Å². The average molecular weight is 322 g/mol. The third-order valence-electron chi connectivity index (χ3n) is 3.88. The summed E-state index contributed by atoms with van der Waals surface area (Å²) in [5.41, 5.74) is 3.44. The molecule has 0 saturated carbocycles. The summed E-state index contributed by atoms with van der Waals surface area (Å²) in [5.74, 6) is -0.0785. The molecular weight excluding hydrogens is 296 g/mol. The fourth-order valence-electron chi connectivity index (χ4n) is 2.54. The van der Waals surface area contributed by atoms with Crippen LogP contribution in [-0.4, -0.2) is 31.4 Å².